The molecule has 0 atom stereocenters. The normalized spacial score (nSPS) is 14.9. The fourth-order valence-electron chi connectivity index (χ4n) is 4.15. The molecule has 1 aliphatic heterocycles. The summed E-state index contributed by atoms with van der Waals surface area (Å²) < 4.78 is 0. The largest absolute Gasteiger partial charge is 0.354 e. The van der Waals surface area contributed by atoms with Crippen LogP contribution in [0.25, 0.3) is 0 Å². The number of carbonyl (C=O) groups excluding carboxylic acids is 3. The molecule has 0 saturated carbocycles. The summed E-state index contributed by atoms with van der Waals surface area (Å²) in [5.41, 5.74) is 4.58. The highest BCUT2D eigenvalue weighted by Gasteiger charge is 2.31. The van der Waals surface area contributed by atoms with Crippen LogP contribution in [0.5, 0.6) is 0 Å². The molecule has 1 fully saturated rings. The Morgan fingerprint density at radius 1 is 1.07 bits per heavy atom. The third kappa shape index (κ3) is 3.79. The number of aromatic amines is 1. The lowest BCUT2D eigenvalue weighted by atomic mass is 9.88. The third-order valence-electron chi connectivity index (χ3n) is 5.70. The predicted octanol–water partition coefficient (Wildman–Crippen LogP) is 4.13. The Bertz CT molecular complexity index is 901. The van der Waals surface area contributed by atoms with Crippen LogP contribution in [-0.4, -0.2) is 40.4 Å². The number of benzene rings is 1. The predicted molar refractivity (Wildman–Crippen MR) is 109 cm³/mol. The number of rotatable bonds is 5. The van der Waals surface area contributed by atoms with Crippen LogP contribution in [0.2, 0.25) is 0 Å². The number of aryl methyl sites for hydroxylation is 2. The fourth-order valence-corrected chi connectivity index (χ4v) is 4.15. The van der Waals surface area contributed by atoms with Gasteiger partial charge < -0.3 is 9.88 Å². The van der Waals surface area contributed by atoms with E-state index in [-0.39, 0.29) is 23.4 Å². The van der Waals surface area contributed by atoms with Crippen LogP contribution < -0.4 is 0 Å². The number of hydrogen-bond donors (Lipinski definition) is 1. The Labute approximate surface area is 166 Å². The molecule has 5 heteroatoms. The van der Waals surface area contributed by atoms with Gasteiger partial charge in [0.05, 0.1) is 0 Å². The SMILES string of the molecule is CCc1c(C(=O)N2CCC(C(=O)c3ccc(C)cc3)CC2)[nH]c(C)c1C(C)=O. The monoisotopic (exact) mass is 380 g/mol. The van der Waals surface area contributed by atoms with Crippen molar-refractivity contribution in [3.8, 4) is 0 Å². The zero-order valence-electron chi connectivity index (χ0n) is 17.1. The number of nitrogens with zero attached hydrogens (tertiary/aromatic N) is 1. The first-order valence-electron chi connectivity index (χ1n) is 9.96. The van der Waals surface area contributed by atoms with Gasteiger partial charge in [-0.25, -0.2) is 0 Å². The van der Waals surface area contributed by atoms with Gasteiger partial charge in [-0.05, 0) is 45.6 Å². The number of nitrogens with one attached hydrogen (secondary N) is 1. The Balaban J connectivity index is 1.70. The Kier molecular flexibility index (Phi) is 5.82. The number of hydrogen-bond acceptors (Lipinski definition) is 3. The topological polar surface area (TPSA) is 70.2 Å². The first-order chi connectivity index (χ1) is 13.3. The molecular weight excluding hydrogens is 352 g/mol. The quantitative estimate of drug-likeness (QED) is 0.793. The number of amides is 1. The average Bonchev–Trinajstić information content (AvgIpc) is 3.04. The van der Waals surface area contributed by atoms with Gasteiger partial charge in [0.15, 0.2) is 11.6 Å². The summed E-state index contributed by atoms with van der Waals surface area (Å²) in [7, 11) is 0. The Morgan fingerprint density at radius 3 is 2.21 bits per heavy atom. The van der Waals surface area contributed by atoms with Crippen molar-refractivity contribution in [3.63, 3.8) is 0 Å². The van der Waals surface area contributed by atoms with E-state index in [1.54, 1.807) is 4.90 Å². The second kappa shape index (κ2) is 8.13. The summed E-state index contributed by atoms with van der Waals surface area (Å²) >= 11 is 0. The van der Waals surface area contributed by atoms with Gasteiger partial charge in [0, 0.05) is 35.8 Å². The van der Waals surface area contributed by atoms with E-state index < -0.39 is 0 Å². The molecule has 0 bridgehead atoms. The van der Waals surface area contributed by atoms with Gasteiger partial charge in [0.25, 0.3) is 5.91 Å². The molecule has 1 N–H and O–H groups in total. The van der Waals surface area contributed by atoms with E-state index in [0.717, 1.165) is 22.4 Å². The smallest absolute Gasteiger partial charge is 0.270 e. The van der Waals surface area contributed by atoms with Crippen LogP contribution in [0.3, 0.4) is 0 Å². The van der Waals surface area contributed by atoms with Crippen LogP contribution >= 0.6 is 0 Å². The van der Waals surface area contributed by atoms with Gasteiger partial charge in [-0.15, -0.1) is 0 Å². The summed E-state index contributed by atoms with van der Waals surface area (Å²) in [4.78, 5) is 42.7. The minimum Gasteiger partial charge on any atom is -0.354 e. The minimum atomic E-state index is -0.0753. The van der Waals surface area contributed by atoms with Crippen LogP contribution in [0.4, 0.5) is 0 Å². The molecule has 3 rings (SSSR count). The van der Waals surface area contributed by atoms with Crippen molar-refractivity contribution in [3.05, 3.63) is 57.9 Å². The van der Waals surface area contributed by atoms with Crippen LogP contribution in [-0.2, 0) is 6.42 Å². The second-order valence-electron chi connectivity index (χ2n) is 7.69. The maximum Gasteiger partial charge on any atom is 0.270 e. The first-order valence-corrected chi connectivity index (χ1v) is 9.96. The summed E-state index contributed by atoms with van der Waals surface area (Å²) in [5.74, 6) is 0.0206. The van der Waals surface area contributed by atoms with Crippen molar-refractivity contribution in [1.29, 1.82) is 0 Å². The van der Waals surface area contributed by atoms with Crippen molar-refractivity contribution in [1.82, 2.24) is 9.88 Å². The molecule has 0 unspecified atom stereocenters. The lowest BCUT2D eigenvalue weighted by molar-refractivity contribution is 0.0645. The molecule has 0 aliphatic carbocycles. The van der Waals surface area contributed by atoms with Gasteiger partial charge in [-0.1, -0.05) is 36.8 Å². The van der Waals surface area contributed by atoms with E-state index >= 15 is 0 Å². The van der Waals surface area contributed by atoms with E-state index in [0.29, 0.717) is 43.6 Å². The highest BCUT2D eigenvalue weighted by Crippen LogP contribution is 2.26. The maximum atomic E-state index is 13.1. The number of ketones is 2. The zero-order chi connectivity index (χ0) is 20.4. The number of Topliss-reactive ketones (excluding diaryl/α,β-unsaturated/α-hetero) is 2. The van der Waals surface area contributed by atoms with Gasteiger partial charge >= 0.3 is 0 Å². The number of carbonyl (C=O) groups is 3. The van der Waals surface area contributed by atoms with Crippen LogP contribution in [0.15, 0.2) is 24.3 Å². The highest BCUT2D eigenvalue weighted by molar-refractivity contribution is 6.03. The molecular formula is C23H28N2O3. The van der Waals surface area contributed by atoms with Crippen molar-refractivity contribution >= 4 is 17.5 Å². The third-order valence-corrected chi connectivity index (χ3v) is 5.70. The van der Waals surface area contributed by atoms with Crippen LogP contribution in [0.1, 0.15) is 74.7 Å². The molecule has 28 heavy (non-hydrogen) atoms. The van der Waals surface area contributed by atoms with E-state index in [1.165, 1.54) is 6.92 Å². The molecule has 2 aromatic rings. The van der Waals surface area contributed by atoms with Crippen LogP contribution in [0, 0.1) is 19.8 Å². The summed E-state index contributed by atoms with van der Waals surface area (Å²) in [6.07, 6.45) is 1.96. The summed E-state index contributed by atoms with van der Waals surface area (Å²) in [6.45, 7) is 8.43. The maximum absolute atomic E-state index is 13.1. The average molecular weight is 380 g/mol. The van der Waals surface area contributed by atoms with E-state index in [4.69, 9.17) is 0 Å². The lowest BCUT2D eigenvalue weighted by Crippen LogP contribution is -2.40. The van der Waals surface area contributed by atoms with Gasteiger partial charge in [0.1, 0.15) is 5.69 Å². The van der Waals surface area contributed by atoms with E-state index in [9.17, 15) is 14.4 Å². The van der Waals surface area contributed by atoms with E-state index in [1.807, 2.05) is 45.0 Å². The van der Waals surface area contributed by atoms with Crippen molar-refractivity contribution < 1.29 is 14.4 Å². The van der Waals surface area contributed by atoms with Gasteiger partial charge in [-0.3, -0.25) is 14.4 Å². The van der Waals surface area contributed by atoms with E-state index in [2.05, 4.69) is 4.98 Å². The standard InChI is InChI=1S/C23H28N2O3/c1-5-19-20(16(4)26)15(3)24-21(19)23(28)25-12-10-18(11-13-25)22(27)17-8-6-14(2)7-9-17/h6-9,18,24H,5,10-13H2,1-4H3. The number of aromatic nitrogens is 1. The lowest BCUT2D eigenvalue weighted by Gasteiger charge is -2.31. The molecule has 5 nitrogen and oxygen atoms in total. The first kappa shape index (κ1) is 20.1. The summed E-state index contributed by atoms with van der Waals surface area (Å²) in [5, 5.41) is 0. The zero-order valence-corrected chi connectivity index (χ0v) is 17.1. The van der Waals surface area contributed by atoms with Gasteiger partial charge in [0.2, 0.25) is 0 Å². The van der Waals surface area contributed by atoms with Gasteiger partial charge in [-0.2, -0.15) is 0 Å². The number of H-pyrrole nitrogens is 1. The minimum absolute atomic E-state index is 0.0212. The number of piperidine rings is 1. The van der Waals surface area contributed by atoms with Crippen molar-refractivity contribution in [2.75, 3.05) is 13.1 Å². The van der Waals surface area contributed by atoms with Crippen molar-refractivity contribution in [2.45, 2.75) is 47.0 Å². The fraction of sp³-hybridized carbons (Fsp3) is 0.435. The molecule has 0 radical (unpaired) electrons. The summed E-state index contributed by atoms with van der Waals surface area (Å²) in [6, 6.07) is 7.68. The molecule has 2 heterocycles. The molecule has 1 aromatic heterocycles. The number of likely N-dealkylation sites (tertiary alicyclic amines) is 1. The Hall–Kier alpha value is -2.69. The molecule has 0 spiro atoms. The second-order valence-corrected chi connectivity index (χ2v) is 7.69. The molecule has 1 aliphatic rings. The van der Waals surface area contributed by atoms with Crippen molar-refractivity contribution in [2.24, 2.45) is 5.92 Å². The molecule has 148 valence electrons. The molecule has 1 saturated heterocycles. The molecule has 1 aromatic carbocycles. The highest BCUT2D eigenvalue weighted by atomic mass is 16.2. The molecule has 1 amide bonds. The Morgan fingerprint density at radius 2 is 1.68 bits per heavy atom.